The largest absolute Gasteiger partial charge is 0.309 e. The zero-order chi connectivity index (χ0) is 19.7. The predicted molar refractivity (Wildman–Crippen MR) is 99.9 cm³/mol. The summed E-state index contributed by atoms with van der Waals surface area (Å²) in [6.07, 6.45) is 2.30. The van der Waals surface area contributed by atoms with Gasteiger partial charge in [0.25, 0.3) is 0 Å². The lowest BCUT2D eigenvalue weighted by atomic mass is 9.93. The van der Waals surface area contributed by atoms with Gasteiger partial charge < -0.3 is 4.90 Å². The van der Waals surface area contributed by atoms with E-state index in [1.165, 1.54) is 10.5 Å². The van der Waals surface area contributed by atoms with E-state index in [4.69, 9.17) is 8.22 Å². The van der Waals surface area contributed by atoms with Crippen molar-refractivity contribution in [3.63, 3.8) is 0 Å². The minimum atomic E-state index is -2.65. The van der Waals surface area contributed by atoms with Gasteiger partial charge in [-0.25, -0.2) is 0 Å². The van der Waals surface area contributed by atoms with Gasteiger partial charge in [0.1, 0.15) is 0 Å². The van der Waals surface area contributed by atoms with Gasteiger partial charge in [-0.05, 0) is 48.7 Å². The standard InChI is InChI=1S/C19H21NS.ClH/c1-20(2)13-7-11-17-16-9-4-3-8-15(16)14-21-19-12-6-5-10-18(17)19;/h3-6,8-12H,7,13-14H2,1-2H3;1H/i1D3,2D3;. The van der Waals surface area contributed by atoms with Crippen molar-refractivity contribution in [1.29, 1.82) is 0 Å². The maximum Gasteiger partial charge on any atom is 0.0394 e. The fraction of sp³-hybridized carbons (Fsp3) is 0.263. The molecule has 2 aromatic rings. The Morgan fingerprint density at radius 2 is 1.82 bits per heavy atom. The average Bonchev–Trinajstić information content (AvgIpc) is 2.74. The maximum absolute atomic E-state index is 7.51. The van der Waals surface area contributed by atoms with Crippen molar-refractivity contribution >= 4 is 29.7 Å². The van der Waals surface area contributed by atoms with Gasteiger partial charge in [0.05, 0.1) is 0 Å². The molecule has 0 amide bonds. The summed E-state index contributed by atoms with van der Waals surface area (Å²) in [4.78, 5) is 1.78. The van der Waals surface area contributed by atoms with Gasteiger partial charge in [0.15, 0.2) is 0 Å². The third-order valence-corrected chi connectivity index (χ3v) is 4.69. The van der Waals surface area contributed by atoms with Crippen LogP contribution in [0.15, 0.2) is 59.5 Å². The van der Waals surface area contributed by atoms with Crippen molar-refractivity contribution in [2.45, 2.75) is 17.1 Å². The van der Waals surface area contributed by atoms with Crippen LogP contribution in [0.5, 0.6) is 0 Å². The Bertz CT molecular complexity index is 783. The van der Waals surface area contributed by atoms with Gasteiger partial charge in [0, 0.05) is 25.4 Å². The van der Waals surface area contributed by atoms with Crippen molar-refractivity contribution in [3.05, 3.63) is 71.3 Å². The van der Waals surface area contributed by atoms with Crippen molar-refractivity contribution in [2.75, 3.05) is 20.5 Å². The highest BCUT2D eigenvalue weighted by Gasteiger charge is 2.17. The normalized spacial score (nSPS) is 20.1. The number of nitrogens with zero attached hydrogens (tertiary/aromatic N) is 1. The molecule has 2 aromatic carbocycles. The van der Waals surface area contributed by atoms with Gasteiger partial charge in [-0.3, -0.25) is 0 Å². The quantitative estimate of drug-likeness (QED) is 0.766. The van der Waals surface area contributed by atoms with Gasteiger partial charge in [-0.2, -0.15) is 0 Å². The van der Waals surface area contributed by atoms with Gasteiger partial charge >= 0.3 is 0 Å². The van der Waals surface area contributed by atoms with Crippen molar-refractivity contribution in [1.82, 2.24) is 4.90 Å². The molecule has 0 N–H and O–H groups in total. The molecule has 0 saturated heterocycles. The van der Waals surface area contributed by atoms with Gasteiger partial charge in [-0.1, -0.05) is 48.5 Å². The van der Waals surface area contributed by atoms with Crippen LogP contribution in [0, 0.1) is 0 Å². The molecule has 0 atom stereocenters. The Balaban J connectivity index is 0.00000280. The Morgan fingerprint density at radius 3 is 2.64 bits per heavy atom. The van der Waals surface area contributed by atoms with Crippen LogP contribution in [-0.4, -0.2) is 25.4 Å². The number of rotatable bonds is 3. The Morgan fingerprint density at radius 1 is 1.09 bits per heavy atom. The molecule has 116 valence electrons. The highest BCUT2D eigenvalue weighted by Crippen LogP contribution is 2.39. The lowest BCUT2D eigenvalue weighted by Gasteiger charge is -2.12. The molecule has 1 heterocycles. The molecule has 0 aromatic heterocycles. The van der Waals surface area contributed by atoms with E-state index in [2.05, 4.69) is 24.3 Å². The highest BCUT2D eigenvalue weighted by molar-refractivity contribution is 7.98. The van der Waals surface area contributed by atoms with Crippen LogP contribution in [0.1, 0.15) is 31.3 Å². The molecule has 0 unspecified atom stereocenters. The van der Waals surface area contributed by atoms with E-state index >= 15 is 0 Å². The fourth-order valence-corrected chi connectivity index (χ4v) is 3.65. The first-order valence-corrected chi connectivity index (χ1v) is 7.95. The van der Waals surface area contributed by atoms with E-state index in [0.29, 0.717) is 11.3 Å². The number of hydrogen-bond acceptors (Lipinski definition) is 2. The number of benzene rings is 2. The number of halogens is 1. The molecule has 0 saturated carbocycles. The molecule has 0 fully saturated rings. The van der Waals surface area contributed by atoms with E-state index in [9.17, 15) is 0 Å². The van der Waals surface area contributed by atoms with Crippen LogP contribution in [-0.2, 0) is 5.75 Å². The first-order valence-electron chi connectivity index (χ1n) is 9.96. The van der Waals surface area contributed by atoms with Crippen LogP contribution in [0.4, 0.5) is 0 Å². The minimum absolute atomic E-state index is 0. The fourth-order valence-electron chi connectivity index (χ4n) is 2.58. The van der Waals surface area contributed by atoms with Gasteiger partial charge in [-0.15, -0.1) is 24.2 Å². The third kappa shape index (κ3) is 3.75. The summed E-state index contributed by atoms with van der Waals surface area (Å²) in [5, 5.41) is 0. The molecule has 0 bridgehead atoms. The molecule has 1 aliphatic heterocycles. The monoisotopic (exact) mass is 337 g/mol. The lowest BCUT2D eigenvalue weighted by Crippen LogP contribution is -2.12. The number of fused-ring (bicyclic) bond motifs is 2. The Hall–Kier alpha value is -1.22. The van der Waals surface area contributed by atoms with E-state index < -0.39 is 14.0 Å². The smallest absolute Gasteiger partial charge is 0.0394 e. The summed E-state index contributed by atoms with van der Waals surface area (Å²) in [6, 6.07) is 16.3. The molecule has 3 heteroatoms. The number of thioether (sulfide) groups is 1. The first kappa shape index (κ1) is 10.5. The van der Waals surface area contributed by atoms with E-state index in [0.717, 1.165) is 22.5 Å². The molecule has 1 nitrogen and oxygen atoms in total. The van der Waals surface area contributed by atoms with E-state index in [-0.39, 0.29) is 19.0 Å². The zero-order valence-electron chi connectivity index (χ0n) is 18.1. The van der Waals surface area contributed by atoms with Crippen LogP contribution < -0.4 is 0 Å². The molecular weight excluding hydrogens is 310 g/mol. The molecule has 22 heavy (non-hydrogen) atoms. The molecule has 3 rings (SSSR count). The summed E-state index contributed by atoms with van der Waals surface area (Å²) in [7, 11) is 0. The second-order valence-electron chi connectivity index (χ2n) is 5.00. The van der Waals surface area contributed by atoms with E-state index in [1.54, 1.807) is 11.8 Å². The minimum Gasteiger partial charge on any atom is -0.309 e. The van der Waals surface area contributed by atoms with Crippen LogP contribution in [0.25, 0.3) is 5.57 Å². The number of hydrogen-bond donors (Lipinski definition) is 0. The van der Waals surface area contributed by atoms with Crippen molar-refractivity contribution in [3.8, 4) is 0 Å². The summed E-state index contributed by atoms with van der Waals surface area (Å²) >= 11 is 1.77. The molecule has 1 aliphatic rings. The predicted octanol–water partition coefficient (Wildman–Crippen LogP) is 5.10. The summed E-state index contributed by atoms with van der Waals surface area (Å²) in [5.74, 6) is 0.862. The molecule has 0 spiro atoms. The molecule has 0 radical (unpaired) electrons. The zero-order valence-corrected chi connectivity index (χ0v) is 13.7. The Kier molecular flexibility index (Phi) is 3.77. The van der Waals surface area contributed by atoms with Crippen LogP contribution >= 0.6 is 24.2 Å². The topological polar surface area (TPSA) is 3.24 Å². The third-order valence-electron chi connectivity index (χ3n) is 3.57. The summed E-state index contributed by atoms with van der Waals surface area (Å²) in [6.45, 7) is -5.37. The maximum atomic E-state index is 7.51. The second kappa shape index (κ2) is 7.87. The SMILES string of the molecule is Cl.[2H]C([2H])([2H])N(CCC=C1c2ccccc2CSc2ccccc21)C([2H])([2H])[2H]. The lowest BCUT2D eigenvalue weighted by molar-refractivity contribution is 0.417. The van der Waals surface area contributed by atoms with Crippen LogP contribution in [0.3, 0.4) is 0 Å². The summed E-state index contributed by atoms with van der Waals surface area (Å²) < 4.78 is 45.1. The van der Waals surface area contributed by atoms with Gasteiger partial charge in [0.2, 0.25) is 0 Å². The first-order chi connectivity index (χ1) is 12.7. The average molecular weight is 338 g/mol. The van der Waals surface area contributed by atoms with Crippen molar-refractivity contribution < 1.29 is 8.22 Å². The van der Waals surface area contributed by atoms with Crippen LogP contribution in [0.2, 0.25) is 0 Å². The highest BCUT2D eigenvalue weighted by atomic mass is 35.5. The Labute approximate surface area is 152 Å². The summed E-state index contributed by atoms with van der Waals surface area (Å²) in [5.41, 5.74) is 4.46. The van der Waals surface area contributed by atoms with E-state index in [1.807, 2.05) is 30.3 Å². The second-order valence-corrected chi connectivity index (χ2v) is 6.02. The molecule has 0 aliphatic carbocycles. The van der Waals surface area contributed by atoms with Crippen molar-refractivity contribution in [2.24, 2.45) is 0 Å². The molecular formula is C19H22ClNS.